The predicted molar refractivity (Wildman–Crippen MR) is 186 cm³/mol. The molecule has 2 aromatic rings. The van der Waals surface area contributed by atoms with Crippen LogP contribution in [0.15, 0.2) is 72.5 Å². The fourth-order valence-corrected chi connectivity index (χ4v) is 6.49. The third-order valence-corrected chi connectivity index (χ3v) is 11.3. The second kappa shape index (κ2) is 15.2. The molecule has 4 rings (SSSR count). The number of nitrogens with one attached hydrogen (secondary N) is 3. The van der Waals surface area contributed by atoms with Gasteiger partial charge in [-0.25, -0.2) is 8.42 Å². The Balaban J connectivity index is 1.52. The van der Waals surface area contributed by atoms with Crippen molar-refractivity contribution in [2.75, 3.05) is 6.26 Å². The Bertz CT molecular complexity index is 1650. The molecule has 2 aliphatic heterocycles. The van der Waals surface area contributed by atoms with E-state index in [0.717, 1.165) is 23.5 Å². The van der Waals surface area contributed by atoms with Crippen molar-refractivity contribution < 1.29 is 37.1 Å². The zero-order valence-electron chi connectivity index (χ0n) is 29.3. The number of carbonyl (C=O) groups excluding carboxylic acids is 4. The molecule has 1 saturated heterocycles. The maximum absolute atomic E-state index is 14.0. The highest BCUT2D eigenvalue weighted by molar-refractivity contribution is 7.92. The lowest BCUT2D eigenvalue weighted by atomic mass is 9.95. The van der Waals surface area contributed by atoms with Gasteiger partial charge in [-0.05, 0) is 57.6 Å². The van der Waals surface area contributed by atoms with E-state index in [0.29, 0.717) is 12.8 Å². The lowest BCUT2D eigenvalue weighted by molar-refractivity contribution is -0.134. The van der Waals surface area contributed by atoms with Crippen LogP contribution in [0.5, 0.6) is 0 Å². The molecule has 2 aliphatic rings. The number of benzene rings is 2. The predicted octanol–water partition coefficient (Wildman–Crippen LogP) is 3.21. The van der Waals surface area contributed by atoms with Gasteiger partial charge in [-0.3, -0.25) is 19.2 Å². The SMILES string of the molecule is CC(C)C(Cc1ccccc1)NC(=O)C[C@@H]1O[C@@H]1[C@H](Cc1ccccc1)NC(=O)[C@@H](NC(=O)C1=CC(=O)CC(C)(C)O1)C(C)(C)S(C)(=O)=O. The highest BCUT2D eigenvalue weighted by Crippen LogP contribution is 2.32. The minimum Gasteiger partial charge on any atom is -0.482 e. The number of amides is 3. The molecule has 2 aromatic carbocycles. The first-order valence-electron chi connectivity index (χ1n) is 16.6. The average Bonchev–Trinajstić information content (AvgIpc) is 3.77. The summed E-state index contributed by atoms with van der Waals surface area (Å²) in [6.45, 7) is 10.1. The first-order chi connectivity index (χ1) is 22.9. The molecule has 3 N–H and O–H groups in total. The minimum atomic E-state index is -3.91. The van der Waals surface area contributed by atoms with E-state index in [1.807, 2.05) is 60.7 Å². The largest absolute Gasteiger partial charge is 0.482 e. The molecule has 0 radical (unpaired) electrons. The van der Waals surface area contributed by atoms with E-state index >= 15 is 0 Å². The van der Waals surface area contributed by atoms with Crippen molar-refractivity contribution in [2.45, 2.75) is 108 Å². The molecule has 1 unspecified atom stereocenters. The summed E-state index contributed by atoms with van der Waals surface area (Å²) in [5.41, 5.74) is 1.05. The number of sulfone groups is 1. The van der Waals surface area contributed by atoms with Crippen LogP contribution in [-0.4, -0.2) is 78.9 Å². The monoisotopic (exact) mass is 695 g/mol. The van der Waals surface area contributed by atoms with Gasteiger partial charge in [0.05, 0.1) is 23.3 Å². The molecular weight excluding hydrogens is 646 g/mol. The number of rotatable bonds is 15. The highest BCUT2D eigenvalue weighted by Gasteiger charge is 2.50. The number of ketones is 1. The molecule has 49 heavy (non-hydrogen) atoms. The Morgan fingerprint density at radius 3 is 2.02 bits per heavy atom. The zero-order chi connectivity index (χ0) is 36.1. The lowest BCUT2D eigenvalue weighted by Gasteiger charge is -2.35. The molecule has 5 atom stereocenters. The quantitative estimate of drug-likeness (QED) is 0.240. The fraction of sp³-hybridized carbons (Fsp3) is 0.514. The van der Waals surface area contributed by atoms with Crippen LogP contribution in [0.2, 0.25) is 0 Å². The van der Waals surface area contributed by atoms with E-state index in [4.69, 9.17) is 9.47 Å². The van der Waals surface area contributed by atoms with Gasteiger partial charge in [0.2, 0.25) is 11.8 Å². The average molecular weight is 696 g/mol. The third-order valence-electron chi connectivity index (χ3n) is 9.17. The van der Waals surface area contributed by atoms with Gasteiger partial charge in [-0.15, -0.1) is 0 Å². The van der Waals surface area contributed by atoms with Crippen LogP contribution in [0, 0.1) is 5.92 Å². The zero-order valence-corrected chi connectivity index (χ0v) is 30.1. The fourth-order valence-electron chi connectivity index (χ4n) is 5.89. The van der Waals surface area contributed by atoms with Crippen LogP contribution in [0.1, 0.15) is 65.5 Å². The van der Waals surface area contributed by atoms with E-state index in [1.165, 1.54) is 13.8 Å². The van der Waals surface area contributed by atoms with Crippen LogP contribution in [0.25, 0.3) is 0 Å². The molecule has 266 valence electrons. The first kappa shape index (κ1) is 37.8. The molecule has 1 fully saturated rings. The molecule has 0 aliphatic carbocycles. The summed E-state index contributed by atoms with van der Waals surface area (Å²) in [7, 11) is -3.91. The number of hydrogen-bond donors (Lipinski definition) is 3. The summed E-state index contributed by atoms with van der Waals surface area (Å²) >= 11 is 0. The van der Waals surface area contributed by atoms with Gasteiger partial charge in [0.15, 0.2) is 21.4 Å². The second-order valence-electron chi connectivity index (χ2n) is 14.6. The molecule has 11 nitrogen and oxygen atoms in total. The van der Waals surface area contributed by atoms with Crippen LogP contribution >= 0.6 is 0 Å². The summed E-state index contributed by atoms with van der Waals surface area (Å²) in [6, 6.07) is 17.0. The van der Waals surface area contributed by atoms with Gasteiger partial charge in [0.1, 0.15) is 17.7 Å². The van der Waals surface area contributed by atoms with E-state index in [-0.39, 0.29) is 42.3 Å². The van der Waals surface area contributed by atoms with E-state index in [2.05, 4.69) is 29.8 Å². The van der Waals surface area contributed by atoms with Gasteiger partial charge in [-0.2, -0.15) is 0 Å². The molecule has 0 saturated carbocycles. The van der Waals surface area contributed by atoms with Crippen molar-refractivity contribution in [3.63, 3.8) is 0 Å². The molecular formula is C37H49N3O8S. The van der Waals surface area contributed by atoms with Crippen molar-refractivity contribution in [1.29, 1.82) is 0 Å². The first-order valence-corrected chi connectivity index (χ1v) is 18.5. The second-order valence-corrected chi connectivity index (χ2v) is 17.1. The maximum atomic E-state index is 14.0. The molecule has 0 aromatic heterocycles. The Morgan fingerprint density at radius 1 is 0.918 bits per heavy atom. The van der Waals surface area contributed by atoms with Gasteiger partial charge in [-0.1, -0.05) is 74.5 Å². The summed E-state index contributed by atoms with van der Waals surface area (Å²) < 4.78 is 35.8. The number of ether oxygens (including phenoxy) is 2. The minimum absolute atomic E-state index is 0.0649. The van der Waals surface area contributed by atoms with Crippen molar-refractivity contribution in [1.82, 2.24) is 16.0 Å². The molecule has 2 heterocycles. The summed E-state index contributed by atoms with van der Waals surface area (Å²) in [5.74, 6) is -2.25. The van der Waals surface area contributed by atoms with Crippen LogP contribution in [0.4, 0.5) is 0 Å². The third kappa shape index (κ3) is 10.2. The Hall–Kier alpha value is -4.03. The van der Waals surface area contributed by atoms with E-state index in [1.54, 1.807) is 13.8 Å². The van der Waals surface area contributed by atoms with Crippen molar-refractivity contribution in [3.8, 4) is 0 Å². The summed E-state index contributed by atoms with van der Waals surface area (Å²) in [6.07, 6.45) is 2.18. The summed E-state index contributed by atoms with van der Waals surface area (Å²) in [5, 5.41) is 8.61. The maximum Gasteiger partial charge on any atom is 0.287 e. The molecule has 0 spiro atoms. The lowest BCUT2D eigenvalue weighted by Crippen LogP contribution is -2.62. The number of hydrogen-bond acceptors (Lipinski definition) is 8. The Kier molecular flexibility index (Phi) is 11.8. The van der Waals surface area contributed by atoms with Crippen molar-refractivity contribution >= 4 is 33.3 Å². The number of carbonyl (C=O) groups is 4. The smallest absolute Gasteiger partial charge is 0.287 e. The van der Waals surface area contributed by atoms with Gasteiger partial charge in [0.25, 0.3) is 5.91 Å². The van der Waals surface area contributed by atoms with Crippen LogP contribution in [0.3, 0.4) is 0 Å². The topological polar surface area (TPSA) is 160 Å². The van der Waals surface area contributed by atoms with Crippen LogP contribution in [-0.2, 0) is 51.3 Å². The number of allylic oxidation sites excluding steroid dienone is 1. The highest BCUT2D eigenvalue weighted by atomic mass is 32.2. The Labute approximate surface area is 289 Å². The Morgan fingerprint density at radius 2 is 1.49 bits per heavy atom. The summed E-state index contributed by atoms with van der Waals surface area (Å²) in [4.78, 5) is 52.9. The molecule has 3 amide bonds. The normalized spacial score (nSPS) is 20.7. The standard InChI is InChI=1S/C37H49N3O8S/c1-23(2)27(18-24-14-10-8-11-15-24)38-31(42)21-29-32(47-29)28(19-25-16-12-9-13-17-25)39-35(44)33(37(5,6)49(7,45)46)40-34(43)30-20-26(41)22-36(3,4)48-30/h8-17,20,23,27-29,32-33H,18-19,21-22H2,1-7H3,(H,38,42)(H,39,44)(H,40,43)/t27?,28-,29-,32+,33+/m0/s1. The van der Waals surface area contributed by atoms with Crippen molar-refractivity contribution in [3.05, 3.63) is 83.6 Å². The molecule has 0 bridgehead atoms. The van der Waals surface area contributed by atoms with E-state index < -0.39 is 56.3 Å². The van der Waals surface area contributed by atoms with Crippen molar-refractivity contribution in [2.24, 2.45) is 5.92 Å². The van der Waals surface area contributed by atoms with Crippen LogP contribution < -0.4 is 16.0 Å². The van der Waals surface area contributed by atoms with Gasteiger partial charge >= 0.3 is 0 Å². The molecule has 12 heteroatoms. The number of epoxide rings is 1. The van der Waals surface area contributed by atoms with Gasteiger partial charge in [0, 0.05) is 24.8 Å². The van der Waals surface area contributed by atoms with E-state index in [9.17, 15) is 27.6 Å². The van der Waals surface area contributed by atoms with Gasteiger partial charge < -0.3 is 25.4 Å².